The molecule has 0 bridgehead atoms. The first-order valence-electron chi connectivity index (χ1n) is 7.95. The molecule has 1 aliphatic rings. The van der Waals surface area contributed by atoms with E-state index in [4.69, 9.17) is 14.9 Å². The Hall–Kier alpha value is -1.26. The zero-order valence-electron chi connectivity index (χ0n) is 14.8. The van der Waals surface area contributed by atoms with Gasteiger partial charge in [-0.2, -0.15) is 4.98 Å². The molecule has 0 saturated carbocycles. The monoisotopic (exact) mass is 357 g/mol. The van der Waals surface area contributed by atoms with Crippen LogP contribution in [0.1, 0.15) is 27.0 Å². The molecule has 1 saturated heterocycles. The number of rotatable bonds is 4. The van der Waals surface area contributed by atoms with Crippen LogP contribution in [0.5, 0.6) is 0 Å². The van der Waals surface area contributed by atoms with E-state index in [0.29, 0.717) is 0 Å². The molecule has 2 heterocycles. The second kappa shape index (κ2) is 6.56. The molecule has 1 fully saturated rings. The fourth-order valence-electron chi connectivity index (χ4n) is 2.38. The Morgan fingerprint density at radius 2 is 2.08 bits per heavy atom. The molecule has 24 heavy (non-hydrogen) atoms. The first-order chi connectivity index (χ1) is 11.0. The number of anilines is 1. The highest BCUT2D eigenvalue weighted by Crippen LogP contribution is 2.40. The number of ether oxygens (including phenoxy) is 1. The van der Waals surface area contributed by atoms with Crippen molar-refractivity contribution in [2.45, 2.75) is 63.4 Å². The molecule has 4 atom stereocenters. The van der Waals surface area contributed by atoms with E-state index in [1.54, 1.807) is 0 Å². The maximum absolute atomic E-state index is 12.0. The first-order valence-corrected chi connectivity index (χ1v) is 10.9. The van der Waals surface area contributed by atoms with E-state index in [1.807, 2.05) is 0 Å². The van der Waals surface area contributed by atoms with Gasteiger partial charge < -0.3 is 25.1 Å². The number of nitrogen functional groups attached to an aromatic ring is 1. The fourth-order valence-corrected chi connectivity index (χ4v) is 3.70. The van der Waals surface area contributed by atoms with Gasteiger partial charge in [0.1, 0.15) is 24.1 Å². The predicted molar refractivity (Wildman–Crippen MR) is 92.0 cm³/mol. The SMILES string of the molecule is CC(C)(C)[Si](C)(C)OC1C(CO)OC(n2ccc(N)nc2=O)C1O. The van der Waals surface area contributed by atoms with Gasteiger partial charge in [0, 0.05) is 6.20 Å². The van der Waals surface area contributed by atoms with Crippen molar-refractivity contribution in [1.82, 2.24) is 9.55 Å². The summed E-state index contributed by atoms with van der Waals surface area (Å²) in [6.45, 7) is 10.0. The van der Waals surface area contributed by atoms with Gasteiger partial charge in [-0.05, 0) is 24.2 Å². The molecule has 2 rings (SSSR count). The third kappa shape index (κ3) is 3.54. The van der Waals surface area contributed by atoms with E-state index in [1.165, 1.54) is 16.8 Å². The van der Waals surface area contributed by atoms with E-state index in [9.17, 15) is 15.0 Å². The Morgan fingerprint density at radius 1 is 1.46 bits per heavy atom. The van der Waals surface area contributed by atoms with Crippen LogP contribution in [0, 0.1) is 0 Å². The number of aliphatic hydroxyl groups excluding tert-OH is 2. The summed E-state index contributed by atoms with van der Waals surface area (Å²) >= 11 is 0. The molecule has 8 nitrogen and oxygen atoms in total. The minimum atomic E-state index is -2.20. The average Bonchev–Trinajstić information content (AvgIpc) is 2.74. The lowest BCUT2D eigenvalue weighted by Crippen LogP contribution is -2.49. The number of nitrogens with two attached hydrogens (primary N) is 1. The van der Waals surface area contributed by atoms with Crippen LogP contribution in [0.3, 0.4) is 0 Å². The zero-order valence-corrected chi connectivity index (χ0v) is 15.8. The van der Waals surface area contributed by atoms with Crippen molar-refractivity contribution in [3.05, 3.63) is 22.7 Å². The van der Waals surface area contributed by atoms with Gasteiger partial charge in [-0.15, -0.1) is 0 Å². The van der Waals surface area contributed by atoms with Crippen molar-refractivity contribution in [3.8, 4) is 0 Å². The Labute approximate surface area is 142 Å². The van der Waals surface area contributed by atoms with Crippen molar-refractivity contribution in [1.29, 1.82) is 0 Å². The van der Waals surface area contributed by atoms with Gasteiger partial charge in [0.2, 0.25) is 0 Å². The molecule has 1 aliphatic heterocycles. The minimum Gasteiger partial charge on any atom is -0.408 e. The van der Waals surface area contributed by atoms with E-state index in [-0.39, 0.29) is 17.5 Å². The molecule has 1 aromatic heterocycles. The van der Waals surface area contributed by atoms with Crippen LogP contribution < -0.4 is 11.4 Å². The smallest absolute Gasteiger partial charge is 0.351 e. The van der Waals surface area contributed by atoms with Crippen LogP contribution in [-0.4, -0.2) is 53.0 Å². The molecule has 1 aromatic rings. The Kier molecular flexibility index (Phi) is 5.21. The molecule has 4 N–H and O–H groups in total. The molecular formula is C15H27N3O5Si. The standard InChI is InChI=1S/C15H27N3O5Si/c1-15(2,3)24(4,5)23-12-9(8-19)22-13(11(12)20)18-7-6-10(16)17-14(18)21/h6-7,9,11-13,19-20H,8H2,1-5H3,(H2,16,17,21). The lowest BCUT2D eigenvalue weighted by molar-refractivity contribution is -0.0546. The summed E-state index contributed by atoms with van der Waals surface area (Å²) in [6.07, 6.45) is -2.09. The number of hydrogen-bond donors (Lipinski definition) is 3. The number of hydrogen-bond acceptors (Lipinski definition) is 7. The van der Waals surface area contributed by atoms with Crippen LogP contribution in [0.4, 0.5) is 5.82 Å². The quantitative estimate of drug-likeness (QED) is 0.670. The number of aromatic nitrogens is 2. The van der Waals surface area contributed by atoms with Gasteiger partial charge in [0.25, 0.3) is 0 Å². The Morgan fingerprint density at radius 3 is 2.58 bits per heavy atom. The largest absolute Gasteiger partial charge is 0.408 e. The number of nitrogens with zero attached hydrogens (tertiary/aromatic N) is 2. The van der Waals surface area contributed by atoms with Crippen molar-refractivity contribution >= 4 is 14.1 Å². The topological polar surface area (TPSA) is 120 Å². The summed E-state index contributed by atoms with van der Waals surface area (Å²) < 4.78 is 13.1. The van der Waals surface area contributed by atoms with Crippen molar-refractivity contribution in [2.75, 3.05) is 12.3 Å². The highest BCUT2D eigenvalue weighted by atomic mass is 28.4. The Balaban J connectivity index is 2.30. The van der Waals surface area contributed by atoms with E-state index < -0.39 is 38.5 Å². The van der Waals surface area contributed by atoms with Crippen LogP contribution in [0.25, 0.3) is 0 Å². The molecule has 0 radical (unpaired) electrons. The van der Waals surface area contributed by atoms with E-state index in [0.717, 1.165) is 0 Å². The molecule has 9 heteroatoms. The van der Waals surface area contributed by atoms with Gasteiger partial charge in [0.15, 0.2) is 14.5 Å². The predicted octanol–water partition coefficient (Wildman–Crippen LogP) is 0.466. The summed E-state index contributed by atoms with van der Waals surface area (Å²) in [5.41, 5.74) is 4.86. The second-order valence-electron chi connectivity index (χ2n) is 7.62. The van der Waals surface area contributed by atoms with Gasteiger partial charge >= 0.3 is 5.69 Å². The van der Waals surface area contributed by atoms with Gasteiger partial charge in [-0.1, -0.05) is 20.8 Å². The van der Waals surface area contributed by atoms with E-state index in [2.05, 4.69) is 38.8 Å². The van der Waals surface area contributed by atoms with Crippen LogP contribution in [0.2, 0.25) is 18.1 Å². The highest BCUT2D eigenvalue weighted by molar-refractivity contribution is 6.74. The van der Waals surface area contributed by atoms with E-state index >= 15 is 0 Å². The Bertz CT molecular complexity index is 643. The lowest BCUT2D eigenvalue weighted by atomic mass is 10.1. The molecule has 136 valence electrons. The summed E-state index contributed by atoms with van der Waals surface area (Å²) in [4.78, 5) is 15.6. The third-order valence-electron chi connectivity index (χ3n) is 4.85. The van der Waals surface area contributed by atoms with Crippen molar-refractivity contribution in [3.63, 3.8) is 0 Å². The lowest BCUT2D eigenvalue weighted by Gasteiger charge is -2.39. The van der Waals surface area contributed by atoms with Gasteiger partial charge in [0.05, 0.1) is 6.61 Å². The summed E-state index contributed by atoms with van der Waals surface area (Å²) in [5.74, 6) is 0.0940. The van der Waals surface area contributed by atoms with Crippen LogP contribution >= 0.6 is 0 Å². The molecule has 0 aliphatic carbocycles. The minimum absolute atomic E-state index is 0.0651. The summed E-state index contributed by atoms with van der Waals surface area (Å²) in [6, 6.07) is 1.45. The maximum atomic E-state index is 12.0. The molecule has 0 aromatic carbocycles. The fraction of sp³-hybridized carbons (Fsp3) is 0.733. The normalized spacial score (nSPS) is 28.3. The maximum Gasteiger partial charge on any atom is 0.351 e. The molecule has 4 unspecified atom stereocenters. The zero-order chi connectivity index (χ0) is 18.3. The number of aliphatic hydroxyl groups is 2. The summed E-state index contributed by atoms with van der Waals surface area (Å²) in [5, 5.41) is 20.2. The van der Waals surface area contributed by atoms with Crippen LogP contribution in [0.15, 0.2) is 17.1 Å². The third-order valence-corrected chi connectivity index (χ3v) is 9.33. The van der Waals surface area contributed by atoms with Gasteiger partial charge in [-0.3, -0.25) is 4.57 Å². The molecule has 0 amide bonds. The second-order valence-corrected chi connectivity index (χ2v) is 12.4. The average molecular weight is 357 g/mol. The highest BCUT2D eigenvalue weighted by Gasteiger charge is 2.50. The van der Waals surface area contributed by atoms with Crippen LogP contribution in [-0.2, 0) is 9.16 Å². The first kappa shape index (κ1) is 19.1. The van der Waals surface area contributed by atoms with Crippen molar-refractivity contribution in [2.24, 2.45) is 0 Å². The summed E-state index contributed by atoms with van der Waals surface area (Å²) in [7, 11) is -2.20. The molecule has 0 spiro atoms. The van der Waals surface area contributed by atoms with Crippen molar-refractivity contribution < 1.29 is 19.4 Å². The van der Waals surface area contributed by atoms with Gasteiger partial charge in [-0.25, -0.2) is 4.79 Å². The molecular weight excluding hydrogens is 330 g/mol.